The molecule has 0 fully saturated rings. The van der Waals surface area contributed by atoms with Crippen molar-refractivity contribution in [2.24, 2.45) is 5.10 Å². The lowest BCUT2D eigenvalue weighted by Gasteiger charge is -2.44. The lowest BCUT2D eigenvalue weighted by atomic mass is 9.76. The van der Waals surface area contributed by atoms with Gasteiger partial charge in [-0.05, 0) is 75.1 Å². The molecule has 2 aromatic rings. The third-order valence-electron chi connectivity index (χ3n) is 5.06. The van der Waals surface area contributed by atoms with E-state index in [9.17, 15) is 4.79 Å². The van der Waals surface area contributed by atoms with E-state index >= 15 is 0 Å². The van der Waals surface area contributed by atoms with E-state index in [0.29, 0.717) is 0 Å². The van der Waals surface area contributed by atoms with Gasteiger partial charge in [-0.15, -0.1) is 0 Å². The molecule has 1 atom stereocenters. The summed E-state index contributed by atoms with van der Waals surface area (Å²) in [6.07, 6.45) is 0.875. The quantitative estimate of drug-likeness (QED) is 0.645. The normalized spacial score (nSPS) is 21.3. The van der Waals surface area contributed by atoms with E-state index in [4.69, 9.17) is 4.74 Å². The van der Waals surface area contributed by atoms with Crippen molar-refractivity contribution >= 4 is 11.6 Å². The number of benzene rings is 2. The molecule has 0 bridgehead atoms. The molecule has 1 aliphatic rings. The molecule has 27 heavy (non-hydrogen) atoms. The van der Waals surface area contributed by atoms with Gasteiger partial charge in [-0.2, -0.15) is 5.10 Å². The van der Waals surface area contributed by atoms with Crippen LogP contribution < -0.4 is 15.5 Å². The number of rotatable bonds is 4. The molecule has 1 amide bonds. The molecule has 1 unspecified atom stereocenters. The monoisotopic (exact) mass is 365 g/mol. The summed E-state index contributed by atoms with van der Waals surface area (Å²) in [6.45, 7) is 8.01. The summed E-state index contributed by atoms with van der Waals surface area (Å²) in [5.74, 6) is 0.615. The van der Waals surface area contributed by atoms with E-state index in [1.165, 1.54) is 5.56 Å². The average Bonchev–Trinajstić information content (AvgIpc) is 2.65. The van der Waals surface area contributed by atoms with E-state index in [1.54, 1.807) is 7.11 Å². The van der Waals surface area contributed by atoms with Crippen molar-refractivity contribution in [2.45, 2.75) is 45.2 Å². The van der Waals surface area contributed by atoms with Crippen LogP contribution in [0.4, 0.5) is 0 Å². The number of carbonyl (C=O) groups excluding carboxylic acids is 1. The van der Waals surface area contributed by atoms with Crippen LogP contribution in [0.2, 0.25) is 0 Å². The van der Waals surface area contributed by atoms with Gasteiger partial charge in [0.15, 0.2) is 0 Å². The molecule has 0 saturated carbocycles. The Bertz CT molecular complexity index is 871. The Morgan fingerprint density at radius 3 is 2.44 bits per heavy atom. The van der Waals surface area contributed by atoms with Crippen LogP contribution in [-0.4, -0.2) is 24.3 Å². The summed E-state index contributed by atoms with van der Waals surface area (Å²) in [7, 11) is 1.63. The largest absolute Gasteiger partial charge is 0.497 e. The number of nitrogens with one attached hydrogen (secondary N) is 2. The fraction of sp³-hybridized carbons (Fsp3) is 0.364. The van der Waals surface area contributed by atoms with Crippen LogP contribution in [0.25, 0.3) is 0 Å². The van der Waals surface area contributed by atoms with Crippen LogP contribution in [0.1, 0.15) is 44.4 Å². The number of hydrogen-bond donors (Lipinski definition) is 2. The van der Waals surface area contributed by atoms with Gasteiger partial charge in [0.25, 0.3) is 5.91 Å². The van der Waals surface area contributed by atoms with E-state index < -0.39 is 5.54 Å². The highest BCUT2D eigenvalue weighted by atomic mass is 16.5. The minimum Gasteiger partial charge on any atom is -0.497 e. The second-order valence-electron chi connectivity index (χ2n) is 7.83. The fourth-order valence-corrected chi connectivity index (χ4v) is 3.75. The minimum absolute atomic E-state index is 0.171. The summed E-state index contributed by atoms with van der Waals surface area (Å²) >= 11 is 0. The van der Waals surface area contributed by atoms with Gasteiger partial charge in [0, 0.05) is 5.54 Å². The van der Waals surface area contributed by atoms with E-state index in [1.807, 2.05) is 56.3 Å². The highest BCUT2D eigenvalue weighted by molar-refractivity contribution is 6.00. The molecule has 2 N–H and O–H groups in total. The van der Waals surface area contributed by atoms with Crippen molar-refractivity contribution in [3.8, 4) is 5.75 Å². The zero-order valence-electron chi connectivity index (χ0n) is 16.6. The molecule has 1 aliphatic heterocycles. The maximum atomic E-state index is 13.1. The number of amides is 1. The van der Waals surface area contributed by atoms with Crippen molar-refractivity contribution in [3.05, 3.63) is 65.2 Å². The molecule has 0 radical (unpaired) electrons. The SMILES string of the molecule is COc1ccc(/C(C)=N\NC(=O)C2(C)NC(C)(C)Cc3ccccc32)cc1. The van der Waals surface area contributed by atoms with Gasteiger partial charge < -0.3 is 4.74 Å². The second kappa shape index (κ2) is 7.16. The molecule has 142 valence electrons. The number of nitrogens with zero attached hydrogens (tertiary/aromatic N) is 1. The van der Waals surface area contributed by atoms with Crippen LogP contribution in [0, 0.1) is 0 Å². The standard InChI is InChI=1S/C22H27N3O2/c1-15(16-10-12-18(27-5)13-11-16)23-24-20(26)22(4)19-9-7-6-8-17(19)14-21(2,3)25-22/h6-13,25H,14H2,1-5H3,(H,24,26)/b23-15-. The topological polar surface area (TPSA) is 62.7 Å². The molecule has 5 heteroatoms. The third-order valence-corrected chi connectivity index (χ3v) is 5.06. The summed E-state index contributed by atoms with van der Waals surface area (Å²) in [4.78, 5) is 13.1. The third kappa shape index (κ3) is 3.88. The van der Waals surface area contributed by atoms with Crippen molar-refractivity contribution < 1.29 is 9.53 Å². The van der Waals surface area contributed by atoms with Gasteiger partial charge in [-0.3, -0.25) is 10.1 Å². The summed E-state index contributed by atoms with van der Waals surface area (Å²) in [5, 5.41) is 7.83. The van der Waals surface area contributed by atoms with Crippen LogP contribution in [-0.2, 0) is 16.8 Å². The lowest BCUT2D eigenvalue weighted by molar-refractivity contribution is -0.128. The number of fused-ring (bicyclic) bond motifs is 1. The van der Waals surface area contributed by atoms with Gasteiger partial charge in [0.05, 0.1) is 12.8 Å². The molecule has 0 saturated heterocycles. The van der Waals surface area contributed by atoms with Crippen LogP contribution in [0.15, 0.2) is 53.6 Å². The second-order valence-corrected chi connectivity index (χ2v) is 7.83. The van der Waals surface area contributed by atoms with Crippen LogP contribution in [0.3, 0.4) is 0 Å². The molecule has 0 spiro atoms. The van der Waals surface area contributed by atoms with Crippen molar-refractivity contribution in [2.75, 3.05) is 7.11 Å². The highest BCUT2D eigenvalue weighted by Gasteiger charge is 2.44. The molecule has 0 aromatic heterocycles. The predicted molar refractivity (Wildman–Crippen MR) is 108 cm³/mol. The summed E-state index contributed by atoms with van der Waals surface area (Å²) < 4.78 is 5.17. The highest BCUT2D eigenvalue weighted by Crippen LogP contribution is 2.34. The zero-order chi connectivity index (χ0) is 19.7. The zero-order valence-corrected chi connectivity index (χ0v) is 16.6. The Morgan fingerprint density at radius 2 is 1.78 bits per heavy atom. The first-order valence-corrected chi connectivity index (χ1v) is 9.12. The first-order chi connectivity index (χ1) is 12.7. The lowest BCUT2D eigenvalue weighted by Crippen LogP contribution is -2.62. The molecule has 5 nitrogen and oxygen atoms in total. The maximum absolute atomic E-state index is 13.1. The molecule has 0 aliphatic carbocycles. The van der Waals surface area contributed by atoms with Gasteiger partial charge >= 0.3 is 0 Å². The minimum atomic E-state index is -0.845. The number of hydrazone groups is 1. The summed E-state index contributed by atoms with van der Waals surface area (Å²) in [6, 6.07) is 15.7. The number of methoxy groups -OCH3 is 1. The van der Waals surface area contributed by atoms with Gasteiger partial charge in [0.2, 0.25) is 0 Å². The molecular formula is C22H27N3O2. The maximum Gasteiger partial charge on any atom is 0.264 e. The van der Waals surface area contributed by atoms with Crippen LogP contribution in [0.5, 0.6) is 5.75 Å². The molecule has 1 heterocycles. The van der Waals surface area contributed by atoms with Crippen molar-refractivity contribution in [3.63, 3.8) is 0 Å². The number of carbonyl (C=O) groups is 1. The number of ether oxygens (including phenoxy) is 1. The average molecular weight is 365 g/mol. The first-order valence-electron chi connectivity index (χ1n) is 9.12. The van der Waals surface area contributed by atoms with E-state index in [-0.39, 0.29) is 11.4 Å². The number of hydrogen-bond acceptors (Lipinski definition) is 4. The Kier molecular flexibility index (Phi) is 5.07. The van der Waals surface area contributed by atoms with E-state index in [0.717, 1.165) is 29.0 Å². The predicted octanol–water partition coefficient (Wildman–Crippen LogP) is 3.38. The van der Waals surface area contributed by atoms with Crippen LogP contribution >= 0.6 is 0 Å². The Hall–Kier alpha value is -2.66. The van der Waals surface area contributed by atoms with Gasteiger partial charge in [-0.1, -0.05) is 24.3 Å². The first kappa shape index (κ1) is 19.1. The smallest absolute Gasteiger partial charge is 0.264 e. The van der Waals surface area contributed by atoms with Gasteiger partial charge in [-0.25, -0.2) is 5.43 Å². The van der Waals surface area contributed by atoms with Gasteiger partial charge in [0.1, 0.15) is 11.3 Å². The fourth-order valence-electron chi connectivity index (χ4n) is 3.75. The molecule has 2 aromatic carbocycles. The molecule has 3 rings (SSSR count). The van der Waals surface area contributed by atoms with E-state index in [2.05, 4.69) is 35.8 Å². The van der Waals surface area contributed by atoms with Crippen molar-refractivity contribution in [1.29, 1.82) is 0 Å². The summed E-state index contributed by atoms with van der Waals surface area (Å²) in [5.41, 5.74) is 5.58. The Morgan fingerprint density at radius 1 is 1.11 bits per heavy atom. The Balaban J connectivity index is 1.84. The van der Waals surface area contributed by atoms with Crippen molar-refractivity contribution in [1.82, 2.24) is 10.7 Å². The molecular weight excluding hydrogens is 338 g/mol. The Labute approximate surface area is 160 Å².